The second kappa shape index (κ2) is 7.13. The first-order valence-electron chi connectivity index (χ1n) is 9.90. The molecular formula is C21H27N5O2. The van der Waals surface area contributed by atoms with Crippen molar-refractivity contribution < 1.29 is 4.79 Å². The number of anilines is 1. The molecule has 2 aromatic rings. The Kier molecular flexibility index (Phi) is 4.79. The summed E-state index contributed by atoms with van der Waals surface area (Å²) in [6.45, 7) is 7.68. The highest BCUT2D eigenvalue weighted by atomic mass is 16.2. The molecule has 148 valence electrons. The van der Waals surface area contributed by atoms with Crippen molar-refractivity contribution in [1.82, 2.24) is 19.9 Å². The molecule has 7 nitrogen and oxygen atoms in total. The van der Waals surface area contributed by atoms with E-state index in [1.807, 2.05) is 26.8 Å². The molecular weight excluding hydrogens is 354 g/mol. The molecule has 1 amide bonds. The van der Waals surface area contributed by atoms with Gasteiger partial charge < -0.3 is 10.3 Å². The third-order valence-corrected chi connectivity index (χ3v) is 5.36. The summed E-state index contributed by atoms with van der Waals surface area (Å²) in [5, 5.41) is 3.01. The summed E-state index contributed by atoms with van der Waals surface area (Å²) in [7, 11) is 0. The topological polar surface area (TPSA) is 91.0 Å². The zero-order valence-electron chi connectivity index (χ0n) is 16.7. The molecule has 2 aromatic heterocycles. The lowest BCUT2D eigenvalue weighted by molar-refractivity contribution is -0.123. The third-order valence-electron chi connectivity index (χ3n) is 5.36. The van der Waals surface area contributed by atoms with E-state index in [-0.39, 0.29) is 11.5 Å². The predicted molar refractivity (Wildman–Crippen MR) is 107 cm³/mol. The second-order valence-electron chi connectivity index (χ2n) is 8.85. The number of hydrogen-bond acceptors (Lipinski definition) is 5. The summed E-state index contributed by atoms with van der Waals surface area (Å²) in [6, 6.07) is 1.83. The van der Waals surface area contributed by atoms with Gasteiger partial charge in [-0.15, -0.1) is 0 Å². The van der Waals surface area contributed by atoms with Crippen LogP contribution in [0.1, 0.15) is 62.2 Å². The van der Waals surface area contributed by atoms with Gasteiger partial charge in [-0.25, -0.2) is 4.98 Å². The number of H-pyrrole nitrogens is 1. The molecule has 0 unspecified atom stereocenters. The molecule has 0 atom stereocenters. The van der Waals surface area contributed by atoms with Crippen LogP contribution < -0.4 is 10.9 Å². The lowest BCUT2D eigenvalue weighted by atomic mass is 9.95. The van der Waals surface area contributed by atoms with E-state index in [2.05, 4.69) is 20.2 Å². The third kappa shape index (κ3) is 3.99. The van der Waals surface area contributed by atoms with E-state index in [4.69, 9.17) is 4.98 Å². The number of carbonyl (C=O) groups excluding carboxylic acids is 1. The first kappa shape index (κ1) is 18.8. The number of carbonyl (C=O) groups is 1. The Morgan fingerprint density at radius 2 is 2.14 bits per heavy atom. The second-order valence-corrected chi connectivity index (χ2v) is 8.85. The van der Waals surface area contributed by atoms with Crippen LogP contribution in [0.15, 0.2) is 23.3 Å². The van der Waals surface area contributed by atoms with Crippen molar-refractivity contribution >= 4 is 11.6 Å². The molecule has 2 N–H and O–H groups in total. The number of amides is 1. The molecule has 0 spiro atoms. The Morgan fingerprint density at radius 1 is 1.36 bits per heavy atom. The number of nitrogens with zero attached hydrogens (tertiary/aromatic N) is 3. The van der Waals surface area contributed by atoms with E-state index in [1.54, 1.807) is 12.4 Å². The highest BCUT2D eigenvalue weighted by Crippen LogP contribution is 2.37. The maximum Gasteiger partial charge on any atom is 0.255 e. The van der Waals surface area contributed by atoms with Gasteiger partial charge in [-0.1, -0.05) is 20.8 Å². The van der Waals surface area contributed by atoms with Gasteiger partial charge in [-0.2, -0.15) is 0 Å². The fourth-order valence-electron chi connectivity index (χ4n) is 3.41. The SMILES string of the molecule is CC(C)(C)C(=O)Nc1ccncc1CN1CCc2nc(C3CC3)[nH]c(=O)c2C1. The van der Waals surface area contributed by atoms with Crippen LogP contribution in [0.4, 0.5) is 5.69 Å². The number of hydrogen-bond donors (Lipinski definition) is 2. The predicted octanol–water partition coefficient (Wildman–Crippen LogP) is 2.59. The standard InChI is InChI=1S/C21H27N5O2/c1-21(2,3)20(28)24-16-6-8-22-10-14(16)11-26-9-7-17-15(12-26)19(27)25-18(23-17)13-4-5-13/h6,8,10,13H,4-5,7,9,11-12H2,1-3H3,(H,22,24,28)(H,23,25,27). The molecule has 1 fully saturated rings. The van der Waals surface area contributed by atoms with Gasteiger partial charge in [0, 0.05) is 61.0 Å². The zero-order chi connectivity index (χ0) is 19.9. The van der Waals surface area contributed by atoms with Crippen LogP contribution in [0.5, 0.6) is 0 Å². The van der Waals surface area contributed by atoms with Crippen LogP contribution in [0.25, 0.3) is 0 Å². The Hall–Kier alpha value is -2.54. The van der Waals surface area contributed by atoms with E-state index in [9.17, 15) is 9.59 Å². The highest BCUT2D eigenvalue weighted by Gasteiger charge is 2.29. The molecule has 0 radical (unpaired) electrons. The lowest BCUT2D eigenvalue weighted by Crippen LogP contribution is -2.36. The smallest absolute Gasteiger partial charge is 0.255 e. The fourth-order valence-corrected chi connectivity index (χ4v) is 3.41. The van der Waals surface area contributed by atoms with Crippen molar-refractivity contribution in [3.63, 3.8) is 0 Å². The molecule has 0 aromatic carbocycles. The number of fused-ring (bicyclic) bond motifs is 1. The number of pyridine rings is 1. The molecule has 1 saturated carbocycles. The van der Waals surface area contributed by atoms with Gasteiger partial charge in [-0.05, 0) is 18.9 Å². The van der Waals surface area contributed by atoms with Crippen molar-refractivity contribution in [2.75, 3.05) is 11.9 Å². The molecule has 2 aliphatic rings. The van der Waals surface area contributed by atoms with Crippen molar-refractivity contribution in [3.8, 4) is 0 Å². The fraction of sp³-hybridized carbons (Fsp3) is 0.524. The summed E-state index contributed by atoms with van der Waals surface area (Å²) in [5.41, 5.74) is 2.95. The minimum atomic E-state index is -0.469. The van der Waals surface area contributed by atoms with Crippen LogP contribution in [0.3, 0.4) is 0 Å². The average molecular weight is 381 g/mol. The summed E-state index contributed by atoms with van der Waals surface area (Å²) in [6.07, 6.45) is 6.48. The van der Waals surface area contributed by atoms with E-state index < -0.39 is 5.41 Å². The molecule has 0 bridgehead atoms. The van der Waals surface area contributed by atoms with Crippen molar-refractivity contribution in [1.29, 1.82) is 0 Å². The monoisotopic (exact) mass is 381 g/mol. The first-order chi connectivity index (χ1) is 13.3. The summed E-state index contributed by atoms with van der Waals surface area (Å²) in [4.78, 5) is 39.0. The van der Waals surface area contributed by atoms with Crippen LogP contribution in [0.2, 0.25) is 0 Å². The largest absolute Gasteiger partial charge is 0.325 e. The number of aromatic nitrogens is 3. The quantitative estimate of drug-likeness (QED) is 0.849. The van der Waals surface area contributed by atoms with Crippen molar-refractivity contribution in [3.05, 3.63) is 51.5 Å². The molecule has 1 aliphatic heterocycles. The van der Waals surface area contributed by atoms with Crippen LogP contribution in [-0.4, -0.2) is 32.3 Å². The van der Waals surface area contributed by atoms with E-state index in [0.29, 0.717) is 19.0 Å². The molecule has 1 aliphatic carbocycles. The minimum absolute atomic E-state index is 0.0101. The zero-order valence-corrected chi connectivity index (χ0v) is 16.7. The minimum Gasteiger partial charge on any atom is -0.325 e. The number of nitrogens with one attached hydrogen (secondary N) is 2. The van der Waals surface area contributed by atoms with Gasteiger partial charge >= 0.3 is 0 Å². The molecule has 28 heavy (non-hydrogen) atoms. The number of rotatable bonds is 4. The lowest BCUT2D eigenvalue weighted by Gasteiger charge is -2.28. The van der Waals surface area contributed by atoms with Gasteiger partial charge in [0.15, 0.2) is 0 Å². The van der Waals surface area contributed by atoms with E-state index >= 15 is 0 Å². The van der Waals surface area contributed by atoms with Crippen LogP contribution in [-0.2, 0) is 24.3 Å². The van der Waals surface area contributed by atoms with Crippen LogP contribution >= 0.6 is 0 Å². The molecule has 3 heterocycles. The van der Waals surface area contributed by atoms with Gasteiger partial charge in [-0.3, -0.25) is 19.5 Å². The molecule has 0 saturated heterocycles. The molecule has 4 rings (SSSR count). The Morgan fingerprint density at radius 3 is 2.86 bits per heavy atom. The van der Waals surface area contributed by atoms with Gasteiger partial charge in [0.25, 0.3) is 5.56 Å². The summed E-state index contributed by atoms with van der Waals surface area (Å²) in [5.74, 6) is 1.27. The van der Waals surface area contributed by atoms with Gasteiger partial charge in [0.1, 0.15) is 5.82 Å². The van der Waals surface area contributed by atoms with E-state index in [1.165, 1.54) is 0 Å². The Bertz CT molecular complexity index is 956. The van der Waals surface area contributed by atoms with E-state index in [0.717, 1.165) is 54.1 Å². The van der Waals surface area contributed by atoms with Crippen molar-refractivity contribution in [2.24, 2.45) is 5.41 Å². The normalized spacial score (nSPS) is 17.2. The highest BCUT2D eigenvalue weighted by molar-refractivity contribution is 5.95. The molecule has 7 heteroatoms. The van der Waals surface area contributed by atoms with Crippen LogP contribution in [0, 0.1) is 5.41 Å². The Balaban J connectivity index is 1.51. The Labute approximate surface area is 164 Å². The van der Waals surface area contributed by atoms with Gasteiger partial charge in [0.2, 0.25) is 5.91 Å². The van der Waals surface area contributed by atoms with Gasteiger partial charge in [0.05, 0.1) is 11.3 Å². The average Bonchev–Trinajstić information content (AvgIpc) is 3.48. The van der Waals surface area contributed by atoms with Crippen molar-refractivity contribution in [2.45, 2.75) is 59.0 Å². The number of aromatic amines is 1. The summed E-state index contributed by atoms with van der Waals surface area (Å²) >= 11 is 0. The maximum atomic E-state index is 12.5. The summed E-state index contributed by atoms with van der Waals surface area (Å²) < 4.78 is 0. The first-order valence-corrected chi connectivity index (χ1v) is 9.90. The maximum absolute atomic E-state index is 12.5.